The van der Waals surface area contributed by atoms with Crippen molar-refractivity contribution in [2.24, 2.45) is 0 Å². The van der Waals surface area contributed by atoms with Crippen molar-refractivity contribution in [1.82, 2.24) is 9.03 Å². The lowest BCUT2D eigenvalue weighted by Gasteiger charge is -2.23. The molecule has 2 aromatic carbocycles. The quantitative estimate of drug-likeness (QED) is 0.643. The van der Waals surface area contributed by atoms with Crippen molar-refractivity contribution in [1.29, 1.82) is 0 Å². The molecule has 166 valence electrons. The van der Waals surface area contributed by atoms with Gasteiger partial charge in [0.1, 0.15) is 6.04 Å². The van der Waals surface area contributed by atoms with Gasteiger partial charge in [-0.2, -0.15) is 4.31 Å². The van der Waals surface area contributed by atoms with Gasteiger partial charge in [0, 0.05) is 24.2 Å². The van der Waals surface area contributed by atoms with Crippen molar-refractivity contribution in [3.05, 3.63) is 53.6 Å². The molecule has 0 aromatic heterocycles. The summed E-state index contributed by atoms with van der Waals surface area (Å²) < 4.78 is 52.9. The standard InChI is InChI=1S/C19H20ClN3O6S2/c1-13(24)22-30(26,27)16-10-6-15(7-11-16)21-19(25)18-3-2-12-23(18)31(28,29)17-8-4-14(20)5-9-17/h4-11,18H,2-3,12H2,1H3,(H,21,25)(H,22,24)/t18-/m1/s1. The Morgan fingerprint density at radius 3 is 2.13 bits per heavy atom. The zero-order valence-electron chi connectivity index (χ0n) is 16.4. The van der Waals surface area contributed by atoms with E-state index in [9.17, 15) is 26.4 Å². The van der Waals surface area contributed by atoms with E-state index in [4.69, 9.17) is 11.6 Å². The van der Waals surface area contributed by atoms with Gasteiger partial charge in [-0.15, -0.1) is 0 Å². The minimum atomic E-state index is -3.99. The Kier molecular flexibility index (Phi) is 6.70. The third-order valence-electron chi connectivity index (χ3n) is 4.64. The highest BCUT2D eigenvalue weighted by Crippen LogP contribution is 2.28. The van der Waals surface area contributed by atoms with Gasteiger partial charge in [-0.1, -0.05) is 11.6 Å². The average molecular weight is 486 g/mol. The molecule has 1 aliphatic rings. The molecule has 0 spiro atoms. The molecule has 1 saturated heterocycles. The number of carbonyl (C=O) groups is 2. The van der Waals surface area contributed by atoms with Crippen molar-refractivity contribution in [2.75, 3.05) is 11.9 Å². The molecular formula is C19H20ClN3O6S2. The number of nitrogens with one attached hydrogen (secondary N) is 2. The van der Waals surface area contributed by atoms with Gasteiger partial charge in [0.2, 0.25) is 21.8 Å². The fraction of sp³-hybridized carbons (Fsp3) is 0.263. The van der Waals surface area contributed by atoms with Crippen LogP contribution < -0.4 is 10.0 Å². The molecule has 0 bridgehead atoms. The van der Waals surface area contributed by atoms with Crippen molar-refractivity contribution in [3.63, 3.8) is 0 Å². The molecule has 0 aliphatic carbocycles. The predicted octanol–water partition coefficient (Wildman–Crippen LogP) is 1.96. The van der Waals surface area contributed by atoms with Crippen LogP contribution >= 0.6 is 11.6 Å². The SMILES string of the molecule is CC(=O)NS(=O)(=O)c1ccc(NC(=O)[C@H]2CCCN2S(=O)(=O)c2ccc(Cl)cc2)cc1. The highest BCUT2D eigenvalue weighted by atomic mass is 35.5. The fourth-order valence-electron chi connectivity index (χ4n) is 3.22. The summed E-state index contributed by atoms with van der Waals surface area (Å²) >= 11 is 5.82. The molecule has 1 atom stereocenters. The molecule has 12 heteroatoms. The molecule has 3 rings (SSSR count). The molecule has 1 fully saturated rings. The lowest BCUT2D eigenvalue weighted by atomic mass is 10.2. The fourth-order valence-corrected chi connectivity index (χ4v) is 6.00. The maximum Gasteiger partial charge on any atom is 0.264 e. The van der Waals surface area contributed by atoms with E-state index in [2.05, 4.69) is 5.32 Å². The second-order valence-corrected chi connectivity index (χ2v) is 10.9. The number of nitrogens with zero attached hydrogens (tertiary/aromatic N) is 1. The lowest BCUT2D eigenvalue weighted by Crippen LogP contribution is -2.43. The summed E-state index contributed by atoms with van der Waals surface area (Å²) in [5, 5.41) is 3.02. The Labute approximate surface area is 185 Å². The predicted molar refractivity (Wildman–Crippen MR) is 114 cm³/mol. The topological polar surface area (TPSA) is 130 Å². The molecule has 9 nitrogen and oxygen atoms in total. The van der Waals surface area contributed by atoms with Crippen molar-refractivity contribution >= 4 is 49.1 Å². The minimum Gasteiger partial charge on any atom is -0.325 e. The minimum absolute atomic E-state index is 0.0455. The molecule has 1 heterocycles. The summed E-state index contributed by atoms with van der Waals surface area (Å²) in [6.45, 7) is 1.29. The molecular weight excluding hydrogens is 466 g/mol. The summed E-state index contributed by atoms with van der Waals surface area (Å²) in [5.74, 6) is -1.24. The van der Waals surface area contributed by atoms with E-state index >= 15 is 0 Å². The van der Waals surface area contributed by atoms with Gasteiger partial charge in [0.05, 0.1) is 9.79 Å². The maximum absolute atomic E-state index is 13.0. The zero-order valence-corrected chi connectivity index (χ0v) is 18.8. The van der Waals surface area contributed by atoms with Crippen LogP contribution in [-0.4, -0.2) is 45.5 Å². The van der Waals surface area contributed by atoms with Gasteiger partial charge in [0.15, 0.2) is 0 Å². The molecule has 31 heavy (non-hydrogen) atoms. The Hall–Kier alpha value is -2.47. The molecule has 0 unspecified atom stereocenters. The molecule has 1 aliphatic heterocycles. The number of benzene rings is 2. The number of anilines is 1. The second kappa shape index (κ2) is 8.95. The van der Waals surface area contributed by atoms with E-state index in [-0.39, 0.29) is 16.3 Å². The van der Waals surface area contributed by atoms with Crippen LogP contribution in [0.2, 0.25) is 5.02 Å². The first-order valence-corrected chi connectivity index (χ1v) is 12.5. The molecule has 2 N–H and O–H groups in total. The van der Waals surface area contributed by atoms with Gasteiger partial charge in [0.25, 0.3) is 10.0 Å². The third kappa shape index (κ3) is 5.24. The number of halogens is 1. The number of hydrogen-bond donors (Lipinski definition) is 2. The largest absolute Gasteiger partial charge is 0.325 e. The van der Waals surface area contributed by atoms with E-state index in [0.717, 1.165) is 11.2 Å². The molecule has 0 saturated carbocycles. The van der Waals surface area contributed by atoms with Crippen molar-refractivity contribution in [3.8, 4) is 0 Å². The summed E-state index contributed by atoms with van der Waals surface area (Å²) in [6.07, 6.45) is 0.881. The number of carbonyl (C=O) groups excluding carboxylic acids is 2. The van der Waals surface area contributed by atoms with E-state index in [0.29, 0.717) is 23.6 Å². The van der Waals surface area contributed by atoms with E-state index in [1.54, 1.807) is 0 Å². The Morgan fingerprint density at radius 1 is 0.968 bits per heavy atom. The average Bonchev–Trinajstić information content (AvgIpc) is 3.19. The number of rotatable bonds is 6. The summed E-state index contributed by atoms with van der Waals surface area (Å²) in [4.78, 5) is 23.7. The van der Waals surface area contributed by atoms with Crippen LogP contribution in [0.3, 0.4) is 0 Å². The second-order valence-electron chi connectivity index (χ2n) is 6.90. The molecule has 0 radical (unpaired) electrons. The van der Waals surface area contributed by atoms with Crippen LogP contribution in [0.1, 0.15) is 19.8 Å². The Bertz CT molecular complexity index is 1200. The first-order chi connectivity index (χ1) is 14.5. The monoisotopic (exact) mass is 485 g/mol. The highest BCUT2D eigenvalue weighted by Gasteiger charge is 2.39. The van der Waals surface area contributed by atoms with E-state index in [1.165, 1.54) is 48.5 Å². The van der Waals surface area contributed by atoms with Crippen LogP contribution in [0, 0.1) is 0 Å². The van der Waals surface area contributed by atoms with Crippen LogP contribution in [0.15, 0.2) is 58.3 Å². The van der Waals surface area contributed by atoms with Crippen LogP contribution in [0.5, 0.6) is 0 Å². The van der Waals surface area contributed by atoms with Gasteiger partial charge in [-0.25, -0.2) is 21.6 Å². The smallest absolute Gasteiger partial charge is 0.264 e. The molecule has 2 aromatic rings. The maximum atomic E-state index is 13.0. The number of amides is 2. The number of sulfonamides is 2. The lowest BCUT2D eigenvalue weighted by molar-refractivity contribution is -0.119. The van der Waals surface area contributed by atoms with Crippen molar-refractivity contribution < 1.29 is 26.4 Å². The van der Waals surface area contributed by atoms with Crippen LogP contribution in [-0.2, 0) is 29.6 Å². The Balaban J connectivity index is 1.75. The molecule has 2 amide bonds. The zero-order chi connectivity index (χ0) is 22.8. The van der Waals surface area contributed by atoms with Crippen LogP contribution in [0.4, 0.5) is 5.69 Å². The van der Waals surface area contributed by atoms with E-state index < -0.39 is 37.9 Å². The van der Waals surface area contributed by atoms with Crippen molar-refractivity contribution in [2.45, 2.75) is 35.6 Å². The van der Waals surface area contributed by atoms with Gasteiger partial charge < -0.3 is 5.32 Å². The van der Waals surface area contributed by atoms with Gasteiger partial charge in [-0.3, -0.25) is 9.59 Å². The van der Waals surface area contributed by atoms with E-state index in [1.807, 2.05) is 4.72 Å². The normalized spacial score (nSPS) is 17.3. The van der Waals surface area contributed by atoms with Gasteiger partial charge >= 0.3 is 0 Å². The third-order valence-corrected chi connectivity index (χ3v) is 8.26. The summed E-state index contributed by atoms with van der Waals surface area (Å²) in [7, 11) is -7.88. The highest BCUT2D eigenvalue weighted by molar-refractivity contribution is 7.90. The number of hydrogen-bond acceptors (Lipinski definition) is 6. The first kappa shape index (κ1) is 23.2. The summed E-state index contributed by atoms with van der Waals surface area (Å²) in [5.41, 5.74) is 0.294. The van der Waals surface area contributed by atoms with Crippen LogP contribution in [0.25, 0.3) is 0 Å². The first-order valence-electron chi connectivity index (χ1n) is 9.22. The van der Waals surface area contributed by atoms with Gasteiger partial charge in [-0.05, 0) is 61.4 Å². The summed E-state index contributed by atoms with van der Waals surface area (Å²) in [6, 6.07) is 10.0. The Morgan fingerprint density at radius 2 is 1.55 bits per heavy atom.